The summed E-state index contributed by atoms with van der Waals surface area (Å²) in [6.45, 7) is 2.28. The second kappa shape index (κ2) is 7.61. The monoisotopic (exact) mass is 274 g/mol. The second-order valence-electron chi connectivity index (χ2n) is 5.64. The Morgan fingerprint density at radius 3 is 2.42 bits per heavy atom. The van der Waals surface area contributed by atoms with E-state index >= 15 is 0 Å². The van der Waals surface area contributed by atoms with Crippen molar-refractivity contribution < 1.29 is 0 Å². The maximum absolute atomic E-state index is 5.87. The van der Waals surface area contributed by atoms with Crippen LogP contribution in [0.2, 0.25) is 5.02 Å². The van der Waals surface area contributed by atoms with Crippen molar-refractivity contribution in [3.05, 3.63) is 34.9 Å². The van der Waals surface area contributed by atoms with Crippen LogP contribution in [0, 0.1) is 23.7 Å². The molecule has 0 radical (unpaired) electrons. The molecule has 1 aromatic carbocycles. The zero-order valence-corrected chi connectivity index (χ0v) is 12.5. The van der Waals surface area contributed by atoms with Crippen LogP contribution in [0.4, 0.5) is 0 Å². The molecule has 0 nitrogen and oxygen atoms in total. The van der Waals surface area contributed by atoms with Gasteiger partial charge in [-0.2, -0.15) is 0 Å². The van der Waals surface area contributed by atoms with E-state index in [0.717, 1.165) is 16.5 Å². The van der Waals surface area contributed by atoms with Crippen molar-refractivity contribution in [2.45, 2.75) is 51.9 Å². The first kappa shape index (κ1) is 14.5. The summed E-state index contributed by atoms with van der Waals surface area (Å²) in [5, 5.41) is 0.780. The number of rotatable bonds is 3. The molecule has 0 atom stereocenters. The van der Waals surface area contributed by atoms with E-state index in [-0.39, 0.29) is 0 Å². The van der Waals surface area contributed by atoms with Crippen LogP contribution < -0.4 is 0 Å². The predicted octanol–water partition coefficient (Wildman–Crippen LogP) is 5.69. The van der Waals surface area contributed by atoms with Crippen LogP contribution in [0.15, 0.2) is 24.3 Å². The molecule has 1 aromatic rings. The van der Waals surface area contributed by atoms with E-state index < -0.39 is 0 Å². The van der Waals surface area contributed by atoms with Crippen molar-refractivity contribution in [1.82, 2.24) is 0 Å². The van der Waals surface area contributed by atoms with Gasteiger partial charge in [0.25, 0.3) is 0 Å². The standard InChI is InChI=1S/C18H23Cl/c1-2-3-4-15-5-7-16(8-6-15)9-10-17-11-13-18(19)14-12-17/h11-16H,2-8H2,1H3. The zero-order chi connectivity index (χ0) is 13.5. The minimum atomic E-state index is 0.605. The molecule has 0 N–H and O–H groups in total. The maximum Gasteiger partial charge on any atom is 0.0406 e. The molecule has 0 spiro atoms. The largest absolute Gasteiger partial charge is 0.0945 e. The van der Waals surface area contributed by atoms with Crippen LogP contribution in [0.1, 0.15) is 57.4 Å². The molecule has 1 aliphatic rings. The van der Waals surface area contributed by atoms with E-state index in [9.17, 15) is 0 Å². The summed E-state index contributed by atoms with van der Waals surface area (Å²) in [4.78, 5) is 0. The molecular weight excluding hydrogens is 252 g/mol. The smallest absolute Gasteiger partial charge is 0.0406 e. The quantitative estimate of drug-likeness (QED) is 0.621. The van der Waals surface area contributed by atoms with E-state index in [1.54, 1.807) is 0 Å². The Balaban J connectivity index is 1.81. The molecule has 1 fully saturated rings. The molecule has 0 aromatic heterocycles. The summed E-state index contributed by atoms with van der Waals surface area (Å²) < 4.78 is 0. The fourth-order valence-electron chi connectivity index (χ4n) is 2.81. The van der Waals surface area contributed by atoms with E-state index in [4.69, 9.17) is 11.6 Å². The number of hydrogen-bond donors (Lipinski definition) is 0. The van der Waals surface area contributed by atoms with Crippen molar-refractivity contribution in [3.8, 4) is 11.8 Å². The van der Waals surface area contributed by atoms with Crippen molar-refractivity contribution in [1.29, 1.82) is 0 Å². The Hall–Kier alpha value is -0.930. The number of unbranched alkanes of at least 4 members (excludes halogenated alkanes) is 1. The number of benzene rings is 1. The Labute approximate surface area is 122 Å². The highest BCUT2D eigenvalue weighted by Gasteiger charge is 2.19. The Morgan fingerprint density at radius 2 is 1.79 bits per heavy atom. The van der Waals surface area contributed by atoms with Gasteiger partial charge in [0.05, 0.1) is 0 Å². The molecule has 1 heteroatoms. The number of halogens is 1. The third-order valence-electron chi connectivity index (χ3n) is 4.08. The van der Waals surface area contributed by atoms with Crippen LogP contribution in [0.25, 0.3) is 0 Å². The van der Waals surface area contributed by atoms with Crippen molar-refractivity contribution in [3.63, 3.8) is 0 Å². The molecule has 2 rings (SSSR count). The van der Waals surface area contributed by atoms with Gasteiger partial charge in [-0.1, -0.05) is 49.6 Å². The van der Waals surface area contributed by atoms with Gasteiger partial charge in [-0.25, -0.2) is 0 Å². The fraction of sp³-hybridized carbons (Fsp3) is 0.556. The first-order chi connectivity index (χ1) is 9.28. The molecule has 0 amide bonds. The van der Waals surface area contributed by atoms with Crippen molar-refractivity contribution >= 4 is 11.6 Å². The van der Waals surface area contributed by atoms with Gasteiger partial charge in [0.2, 0.25) is 0 Å². The first-order valence-electron chi connectivity index (χ1n) is 7.55. The highest BCUT2D eigenvalue weighted by molar-refractivity contribution is 6.30. The van der Waals surface area contributed by atoms with Crippen LogP contribution in [-0.2, 0) is 0 Å². The normalized spacial score (nSPS) is 22.6. The summed E-state index contributed by atoms with van der Waals surface area (Å²) in [5.74, 6) is 8.30. The van der Waals surface area contributed by atoms with E-state index in [2.05, 4.69) is 18.8 Å². The van der Waals surface area contributed by atoms with Crippen LogP contribution >= 0.6 is 11.6 Å². The molecular formula is C18H23Cl. The van der Waals surface area contributed by atoms with Gasteiger partial charge in [0, 0.05) is 16.5 Å². The minimum Gasteiger partial charge on any atom is -0.0945 e. The van der Waals surface area contributed by atoms with Gasteiger partial charge in [-0.15, -0.1) is 0 Å². The van der Waals surface area contributed by atoms with Crippen LogP contribution in [0.5, 0.6) is 0 Å². The lowest BCUT2D eigenvalue weighted by molar-refractivity contribution is 0.296. The van der Waals surface area contributed by atoms with Gasteiger partial charge in [0.1, 0.15) is 0 Å². The zero-order valence-electron chi connectivity index (χ0n) is 11.8. The third kappa shape index (κ3) is 4.92. The van der Waals surface area contributed by atoms with Gasteiger partial charge in [-0.3, -0.25) is 0 Å². The molecule has 0 unspecified atom stereocenters. The molecule has 1 saturated carbocycles. The average molecular weight is 275 g/mol. The lowest BCUT2D eigenvalue weighted by Gasteiger charge is -2.25. The van der Waals surface area contributed by atoms with Gasteiger partial charge < -0.3 is 0 Å². The van der Waals surface area contributed by atoms with Crippen LogP contribution in [0.3, 0.4) is 0 Å². The topological polar surface area (TPSA) is 0 Å². The van der Waals surface area contributed by atoms with Crippen LogP contribution in [-0.4, -0.2) is 0 Å². The lowest BCUT2D eigenvalue weighted by Crippen LogP contribution is -2.13. The molecule has 1 aliphatic carbocycles. The Kier molecular flexibility index (Phi) is 5.80. The van der Waals surface area contributed by atoms with Gasteiger partial charge in [0.15, 0.2) is 0 Å². The summed E-state index contributed by atoms with van der Waals surface area (Å²) in [5.41, 5.74) is 1.08. The average Bonchev–Trinajstić information content (AvgIpc) is 2.46. The second-order valence-corrected chi connectivity index (χ2v) is 6.07. The summed E-state index contributed by atoms with van der Waals surface area (Å²) in [6, 6.07) is 7.82. The predicted molar refractivity (Wildman–Crippen MR) is 83.3 cm³/mol. The summed E-state index contributed by atoms with van der Waals surface area (Å²) >= 11 is 5.87. The fourth-order valence-corrected chi connectivity index (χ4v) is 2.93. The molecule has 19 heavy (non-hydrogen) atoms. The Bertz CT molecular complexity index is 427. The summed E-state index contributed by atoms with van der Waals surface area (Å²) in [6.07, 6.45) is 9.47. The molecule has 102 valence electrons. The van der Waals surface area contributed by atoms with Crippen molar-refractivity contribution in [2.24, 2.45) is 11.8 Å². The van der Waals surface area contributed by atoms with E-state index in [1.165, 1.54) is 44.9 Å². The van der Waals surface area contributed by atoms with E-state index in [0.29, 0.717) is 5.92 Å². The molecule has 0 aliphatic heterocycles. The maximum atomic E-state index is 5.87. The van der Waals surface area contributed by atoms with Gasteiger partial charge in [-0.05, 0) is 55.9 Å². The molecule has 0 saturated heterocycles. The first-order valence-corrected chi connectivity index (χ1v) is 7.93. The highest BCUT2D eigenvalue weighted by atomic mass is 35.5. The summed E-state index contributed by atoms with van der Waals surface area (Å²) in [7, 11) is 0. The van der Waals surface area contributed by atoms with Gasteiger partial charge >= 0.3 is 0 Å². The Morgan fingerprint density at radius 1 is 1.11 bits per heavy atom. The van der Waals surface area contributed by atoms with E-state index in [1.807, 2.05) is 24.3 Å². The number of hydrogen-bond acceptors (Lipinski definition) is 0. The van der Waals surface area contributed by atoms with Crippen molar-refractivity contribution in [2.75, 3.05) is 0 Å². The highest BCUT2D eigenvalue weighted by Crippen LogP contribution is 2.31. The minimum absolute atomic E-state index is 0.605. The SMILES string of the molecule is CCCCC1CCC(C#Cc2ccc(Cl)cc2)CC1. The molecule has 0 bridgehead atoms. The lowest BCUT2D eigenvalue weighted by atomic mass is 9.80. The molecule has 0 heterocycles. The third-order valence-corrected chi connectivity index (χ3v) is 4.33.